The van der Waals surface area contributed by atoms with Gasteiger partial charge in [-0.05, 0) is 50.3 Å². The first kappa shape index (κ1) is 19.2. The highest BCUT2D eigenvalue weighted by molar-refractivity contribution is 7.75. The van der Waals surface area contributed by atoms with E-state index in [4.69, 9.17) is 13.9 Å². The molecule has 0 saturated carbocycles. The van der Waals surface area contributed by atoms with Gasteiger partial charge >= 0.3 is 0 Å². The van der Waals surface area contributed by atoms with Gasteiger partial charge in [0.1, 0.15) is 5.54 Å². The van der Waals surface area contributed by atoms with Crippen molar-refractivity contribution in [3.8, 4) is 0 Å². The summed E-state index contributed by atoms with van der Waals surface area (Å²) in [4.78, 5) is 24.2. The first-order chi connectivity index (χ1) is 12.4. The average molecular weight is 378 g/mol. The average Bonchev–Trinajstić information content (AvgIpc) is 2.82. The lowest BCUT2D eigenvalue weighted by Gasteiger charge is -2.42. The van der Waals surface area contributed by atoms with E-state index < -0.39 is 5.54 Å². The summed E-state index contributed by atoms with van der Waals surface area (Å²) in [5.41, 5.74) is 4.02. The molecular weight excluding hydrogens is 352 g/mol. The second-order valence-electron chi connectivity index (χ2n) is 6.99. The number of aryl methyl sites for hydroxylation is 3. The van der Waals surface area contributed by atoms with Gasteiger partial charge in [-0.3, -0.25) is 9.63 Å². The Morgan fingerprint density at radius 3 is 2.08 bits per heavy atom. The number of carbonyl (C=O) groups is 1. The van der Waals surface area contributed by atoms with Gasteiger partial charge in [0.15, 0.2) is 5.76 Å². The van der Waals surface area contributed by atoms with Crippen LogP contribution in [0.25, 0.3) is 5.57 Å². The summed E-state index contributed by atoms with van der Waals surface area (Å²) in [5, 5.41) is 3.33. The third kappa shape index (κ3) is 2.83. The maximum atomic E-state index is 13.3. The zero-order chi connectivity index (χ0) is 19.1. The number of amides is 1. The number of hydrogen-bond donors (Lipinski definition) is 1. The van der Waals surface area contributed by atoms with E-state index in [0.29, 0.717) is 37.3 Å². The van der Waals surface area contributed by atoms with Crippen LogP contribution in [0, 0.1) is 20.8 Å². The molecule has 26 heavy (non-hydrogen) atoms. The van der Waals surface area contributed by atoms with Crippen molar-refractivity contribution in [1.82, 2.24) is 10.1 Å². The number of nitrogens with zero attached hydrogens (tertiary/aromatic N) is 2. The minimum atomic E-state index is -0.665. The van der Waals surface area contributed by atoms with Crippen molar-refractivity contribution in [3.63, 3.8) is 0 Å². The second-order valence-corrected chi connectivity index (χ2v) is 7.18. The van der Waals surface area contributed by atoms with Gasteiger partial charge in [0, 0.05) is 26.0 Å². The number of rotatable bonds is 4. The number of thiol groups is 1. The molecule has 0 N–H and O–H groups in total. The van der Waals surface area contributed by atoms with Crippen LogP contribution in [0.2, 0.25) is 0 Å². The van der Waals surface area contributed by atoms with E-state index in [1.165, 1.54) is 12.2 Å². The molecule has 2 aliphatic heterocycles. The quantitative estimate of drug-likeness (QED) is 0.645. The van der Waals surface area contributed by atoms with Gasteiger partial charge in [0.2, 0.25) is 0 Å². The predicted molar refractivity (Wildman–Crippen MR) is 102 cm³/mol. The van der Waals surface area contributed by atoms with E-state index in [0.717, 1.165) is 22.3 Å². The normalized spacial score (nSPS) is 20.4. The summed E-state index contributed by atoms with van der Waals surface area (Å²) in [7, 11) is 3.18. The molecule has 0 bridgehead atoms. The second kappa shape index (κ2) is 7.23. The highest BCUT2D eigenvalue weighted by Gasteiger charge is 2.56. The summed E-state index contributed by atoms with van der Waals surface area (Å²) in [6.07, 6.45) is 1.29. The molecule has 2 heterocycles. The largest absolute Gasteiger partial charge is 0.430 e. The van der Waals surface area contributed by atoms with Crippen LogP contribution in [0.1, 0.15) is 35.1 Å². The Bertz CT molecular complexity index is 731. The summed E-state index contributed by atoms with van der Waals surface area (Å²) >= 11 is 4.13. The molecule has 6 nitrogen and oxygen atoms in total. The van der Waals surface area contributed by atoms with Gasteiger partial charge in [-0.25, -0.2) is 5.06 Å². The lowest BCUT2D eigenvalue weighted by molar-refractivity contribution is -0.220. The maximum Gasteiger partial charge on any atom is 0.282 e. The van der Waals surface area contributed by atoms with Gasteiger partial charge in [-0.2, -0.15) is 5.06 Å². The summed E-state index contributed by atoms with van der Waals surface area (Å²) in [6.45, 7) is 7.42. The van der Waals surface area contributed by atoms with Crippen molar-refractivity contribution in [2.24, 2.45) is 0 Å². The fourth-order valence-corrected chi connectivity index (χ4v) is 4.63. The monoisotopic (exact) mass is 378 g/mol. The van der Waals surface area contributed by atoms with Crippen molar-refractivity contribution < 1.29 is 18.7 Å². The number of benzene rings is 1. The lowest BCUT2D eigenvalue weighted by Crippen LogP contribution is -2.54. The van der Waals surface area contributed by atoms with Crippen molar-refractivity contribution in [2.75, 3.05) is 27.3 Å². The molecule has 142 valence electrons. The van der Waals surface area contributed by atoms with Crippen LogP contribution in [0.4, 0.5) is 0 Å². The van der Waals surface area contributed by atoms with E-state index in [2.05, 4.69) is 25.0 Å². The van der Waals surface area contributed by atoms with E-state index in [-0.39, 0.29) is 5.91 Å². The minimum absolute atomic E-state index is 0.183. The zero-order valence-corrected chi connectivity index (χ0v) is 16.9. The molecule has 0 atom stereocenters. The molecular formula is C19H26N2O4S. The third-order valence-corrected chi connectivity index (χ3v) is 5.63. The van der Waals surface area contributed by atoms with Crippen LogP contribution in [0.15, 0.2) is 17.9 Å². The molecule has 0 aromatic heterocycles. The predicted octanol–water partition coefficient (Wildman–Crippen LogP) is 2.98. The molecule has 1 aromatic carbocycles. The SMILES string of the molecule is CON1CCC2(CC1)C(OS)=C(c1c(C)cc(C)cc1C)C(=O)N2OC. The molecule has 0 unspecified atom stereocenters. The molecule has 1 aromatic rings. The van der Waals surface area contributed by atoms with Gasteiger partial charge in [-0.15, -0.1) is 0 Å². The molecule has 0 aliphatic carbocycles. The van der Waals surface area contributed by atoms with E-state index in [1.54, 1.807) is 7.11 Å². The third-order valence-electron chi connectivity index (χ3n) is 5.45. The van der Waals surface area contributed by atoms with E-state index >= 15 is 0 Å². The van der Waals surface area contributed by atoms with Crippen LogP contribution >= 0.6 is 12.9 Å². The Kier molecular flexibility index (Phi) is 5.35. The summed E-state index contributed by atoms with van der Waals surface area (Å²) in [5.74, 6) is 0.385. The number of hydrogen-bond acceptors (Lipinski definition) is 6. The molecule has 1 fully saturated rings. The Balaban J connectivity index is 2.17. The molecule has 3 rings (SSSR count). The molecule has 0 radical (unpaired) electrons. The molecule has 2 aliphatic rings. The first-order valence-electron chi connectivity index (χ1n) is 8.71. The van der Waals surface area contributed by atoms with Crippen molar-refractivity contribution in [2.45, 2.75) is 39.2 Å². The minimum Gasteiger partial charge on any atom is -0.430 e. The Hall–Kier alpha value is -1.54. The highest BCUT2D eigenvalue weighted by atomic mass is 32.1. The van der Waals surface area contributed by atoms with Crippen LogP contribution in [0.5, 0.6) is 0 Å². The standard InChI is InChI=1S/C19H26N2O4S/c1-12-10-13(2)15(14(3)11-12)16-17(25-26)19(21(24-5)18(16)22)6-8-20(23-4)9-7-19/h10-11,26H,6-9H2,1-5H3. The van der Waals surface area contributed by atoms with Crippen LogP contribution < -0.4 is 0 Å². The molecule has 1 saturated heterocycles. The van der Waals surface area contributed by atoms with E-state index in [9.17, 15) is 4.79 Å². The fraction of sp³-hybridized carbons (Fsp3) is 0.526. The van der Waals surface area contributed by atoms with E-state index in [1.807, 2.05) is 25.8 Å². The smallest absolute Gasteiger partial charge is 0.282 e. The number of piperidine rings is 1. The Morgan fingerprint density at radius 1 is 1.04 bits per heavy atom. The van der Waals surface area contributed by atoms with Gasteiger partial charge < -0.3 is 9.02 Å². The number of hydroxylamine groups is 4. The molecule has 1 spiro atoms. The van der Waals surface area contributed by atoms with Crippen molar-refractivity contribution >= 4 is 24.4 Å². The molecule has 1 amide bonds. The summed E-state index contributed by atoms with van der Waals surface area (Å²) < 4.78 is 5.56. The Morgan fingerprint density at radius 2 is 1.62 bits per heavy atom. The van der Waals surface area contributed by atoms with Gasteiger partial charge in [0.05, 0.1) is 19.8 Å². The van der Waals surface area contributed by atoms with Gasteiger partial charge in [0.25, 0.3) is 5.91 Å². The Labute approximate surface area is 160 Å². The van der Waals surface area contributed by atoms with Crippen LogP contribution in [-0.2, 0) is 18.7 Å². The highest BCUT2D eigenvalue weighted by Crippen LogP contribution is 2.48. The number of carbonyl (C=O) groups excluding carboxylic acids is 1. The van der Waals surface area contributed by atoms with Crippen molar-refractivity contribution in [1.29, 1.82) is 0 Å². The van der Waals surface area contributed by atoms with Crippen molar-refractivity contribution in [3.05, 3.63) is 40.1 Å². The fourth-order valence-electron chi connectivity index (χ4n) is 4.37. The summed E-state index contributed by atoms with van der Waals surface area (Å²) in [6, 6.07) is 4.16. The molecule has 7 heteroatoms. The topological polar surface area (TPSA) is 51.2 Å². The van der Waals surface area contributed by atoms with Crippen LogP contribution in [-0.4, -0.2) is 48.9 Å². The zero-order valence-electron chi connectivity index (χ0n) is 16.0. The lowest BCUT2D eigenvalue weighted by atomic mass is 9.85. The van der Waals surface area contributed by atoms with Crippen LogP contribution in [0.3, 0.4) is 0 Å². The first-order valence-corrected chi connectivity index (χ1v) is 9.08. The maximum absolute atomic E-state index is 13.3. The van der Waals surface area contributed by atoms with Gasteiger partial charge in [-0.1, -0.05) is 17.7 Å².